The van der Waals surface area contributed by atoms with Crippen molar-refractivity contribution in [2.45, 2.75) is 63.8 Å². The lowest BCUT2D eigenvalue weighted by Crippen LogP contribution is -2.31. The molecule has 1 aromatic rings. The SMILES string of the molecule is CC(C)(N)c1noc(C2(C)CCCCC2)n1. The summed E-state index contributed by atoms with van der Waals surface area (Å²) < 4.78 is 5.39. The molecule has 1 saturated carbocycles. The molecule has 0 unspecified atom stereocenters. The van der Waals surface area contributed by atoms with Crippen LogP contribution in [-0.2, 0) is 11.0 Å². The molecule has 4 heteroatoms. The van der Waals surface area contributed by atoms with Gasteiger partial charge in [-0.05, 0) is 26.7 Å². The Morgan fingerprint density at radius 3 is 2.38 bits per heavy atom. The van der Waals surface area contributed by atoms with E-state index in [0.29, 0.717) is 5.82 Å². The van der Waals surface area contributed by atoms with Crippen molar-refractivity contribution in [3.8, 4) is 0 Å². The molecule has 1 heterocycles. The van der Waals surface area contributed by atoms with E-state index in [1.165, 1.54) is 19.3 Å². The Hall–Kier alpha value is -0.900. The Labute approximate surface area is 96.6 Å². The molecule has 0 saturated heterocycles. The minimum atomic E-state index is -0.521. The molecule has 90 valence electrons. The molecule has 0 spiro atoms. The van der Waals surface area contributed by atoms with Crippen LogP contribution >= 0.6 is 0 Å². The van der Waals surface area contributed by atoms with Gasteiger partial charge in [-0.25, -0.2) is 0 Å². The summed E-state index contributed by atoms with van der Waals surface area (Å²) >= 11 is 0. The third kappa shape index (κ3) is 2.12. The van der Waals surface area contributed by atoms with Crippen LogP contribution < -0.4 is 5.73 Å². The number of rotatable bonds is 2. The van der Waals surface area contributed by atoms with Crippen LogP contribution in [0.15, 0.2) is 4.52 Å². The van der Waals surface area contributed by atoms with Crippen molar-refractivity contribution in [1.82, 2.24) is 10.1 Å². The number of nitrogens with zero attached hydrogens (tertiary/aromatic N) is 2. The molecular formula is C12H21N3O. The first-order chi connectivity index (χ1) is 7.42. The average molecular weight is 223 g/mol. The van der Waals surface area contributed by atoms with Gasteiger partial charge in [-0.3, -0.25) is 0 Å². The van der Waals surface area contributed by atoms with Gasteiger partial charge in [0.1, 0.15) is 0 Å². The highest BCUT2D eigenvalue weighted by Gasteiger charge is 2.35. The van der Waals surface area contributed by atoms with Crippen molar-refractivity contribution >= 4 is 0 Å². The summed E-state index contributed by atoms with van der Waals surface area (Å²) in [5.74, 6) is 1.37. The molecule has 0 atom stereocenters. The van der Waals surface area contributed by atoms with Crippen LogP contribution in [0.1, 0.15) is 64.6 Å². The summed E-state index contributed by atoms with van der Waals surface area (Å²) in [4.78, 5) is 4.47. The molecule has 16 heavy (non-hydrogen) atoms. The van der Waals surface area contributed by atoms with Crippen molar-refractivity contribution in [3.63, 3.8) is 0 Å². The standard InChI is InChI=1S/C12H21N3O/c1-11(2,13)9-14-10(16-15-9)12(3)7-5-4-6-8-12/h4-8,13H2,1-3H3. The lowest BCUT2D eigenvalue weighted by Gasteiger charge is -2.29. The maximum Gasteiger partial charge on any atom is 0.232 e. The van der Waals surface area contributed by atoms with Gasteiger partial charge in [0.15, 0.2) is 5.82 Å². The van der Waals surface area contributed by atoms with Gasteiger partial charge in [0.25, 0.3) is 0 Å². The molecule has 0 radical (unpaired) electrons. The zero-order chi connectivity index (χ0) is 11.8. The highest BCUT2D eigenvalue weighted by atomic mass is 16.5. The minimum absolute atomic E-state index is 0.0642. The summed E-state index contributed by atoms with van der Waals surface area (Å²) in [6, 6.07) is 0. The summed E-state index contributed by atoms with van der Waals surface area (Å²) in [6.07, 6.45) is 6.10. The van der Waals surface area contributed by atoms with Crippen molar-refractivity contribution in [1.29, 1.82) is 0 Å². The van der Waals surface area contributed by atoms with Gasteiger partial charge in [0, 0.05) is 5.41 Å². The topological polar surface area (TPSA) is 64.9 Å². The maximum absolute atomic E-state index is 5.96. The predicted octanol–water partition coefficient (Wildman–Crippen LogP) is 2.49. The number of aromatic nitrogens is 2. The Kier molecular flexibility index (Phi) is 2.78. The van der Waals surface area contributed by atoms with Crippen molar-refractivity contribution < 1.29 is 4.52 Å². The normalized spacial score (nSPS) is 21.0. The molecule has 2 rings (SSSR count). The van der Waals surface area contributed by atoms with Gasteiger partial charge < -0.3 is 10.3 Å². The summed E-state index contributed by atoms with van der Waals surface area (Å²) in [6.45, 7) is 6.00. The smallest absolute Gasteiger partial charge is 0.232 e. The largest absolute Gasteiger partial charge is 0.339 e. The zero-order valence-electron chi connectivity index (χ0n) is 10.4. The first-order valence-electron chi connectivity index (χ1n) is 6.05. The molecule has 0 aliphatic heterocycles. The van der Waals surface area contributed by atoms with Gasteiger partial charge in [0.2, 0.25) is 5.89 Å². The quantitative estimate of drug-likeness (QED) is 0.836. The molecule has 0 bridgehead atoms. The number of hydrogen-bond acceptors (Lipinski definition) is 4. The monoisotopic (exact) mass is 223 g/mol. The summed E-state index contributed by atoms with van der Waals surface area (Å²) in [5, 5.41) is 4.00. The van der Waals surface area contributed by atoms with Crippen LogP contribution in [0.2, 0.25) is 0 Å². The molecule has 1 fully saturated rings. The van der Waals surface area contributed by atoms with Crippen molar-refractivity contribution in [2.75, 3.05) is 0 Å². The first-order valence-corrected chi connectivity index (χ1v) is 6.05. The second-order valence-electron chi connectivity index (χ2n) is 5.77. The van der Waals surface area contributed by atoms with E-state index in [1.807, 2.05) is 13.8 Å². The molecule has 2 N–H and O–H groups in total. The minimum Gasteiger partial charge on any atom is -0.339 e. The summed E-state index contributed by atoms with van der Waals surface area (Å²) in [7, 11) is 0. The average Bonchev–Trinajstić information content (AvgIpc) is 2.67. The van der Waals surface area contributed by atoms with Crippen LogP contribution in [-0.4, -0.2) is 10.1 Å². The van der Waals surface area contributed by atoms with Gasteiger partial charge in [-0.1, -0.05) is 31.3 Å². The van der Waals surface area contributed by atoms with Crippen molar-refractivity contribution in [3.05, 3.63) is 11.7 Å². The molecule has 1 aliphatic rings. The maximum atomic E-state index is 5.96. The fourth-order valence-electron chi connectivity index (χ4n) is 2.28. The highest BCUT2D eigenvalue weighted by Crippen LogP contribution is 2.38. The molecular weight excluding hydrogens is 202 g/mol. The number of nitrogens with two attached hydrogens (primary N) is 1. The van der Waals surface area contributed by atoms with E-state index in [1.54, 1.807) is 0 Å². The first kappa shape index (κ1) is 11.6. The Balaban J connectivity index is 2.24. The fraction of sp³-hybridized carbons (Fsp3) is 0.833. The van der Waals surface area contributed by atoms with E-state index in [0.717, 1.165) is 18.7 Å². The fourth-order valence-corrected chi connectivity index (χ4v) is 2.28. The van der Waals surface area contributed by atoms with Gasteiger partial charge >= 0.3 is 0 Å². The zero-order valence-corrected chi connectivity index (χ0v) is 10.4. The van der Waals surface area contributed by atoms with Crippen LogP contribution in [0.5, 0.6) is 0 Å². The van der Waals surface area contributed by atoms with Gasteiger partial charge in [-0.15, -0.1) is 0 Å². The van der Waals surface area contributed by atoms with Gasteiger partial charge in [-0.2, -0.15) is 4.98 Å². The van der Waals surface area contributed by atoms with Crippen LogP contribution in [0.25, 0.3) is 0 Å². The van der Waals surface area contributed by atoms with Crippen molar-refractivity contribution in [2.24, 2.45) is 5.73 Å². The molecule has 0 amide bonds. The molecule has 1 aromatic heterocycles. The molecule has 4 nitrogen and oxygen atoms in total. The van der Waals surface area contributed by atoms with E-state index in [9.17, 15) is 0 Å². The van der Waals surface area contributed by atoms with E-state index in [2.05, 4.69) is 17.1 Å². The molecule has 1 aliphatic carbocycles. The van der Waals surface area contributed by atoms with E-state index >= 15 is 0 Å². The Bertz CT molecular complexity index is 359. The second kappa shape index (κ2) is 3.84. The predicted molar refractivity (Wildman–Crippen MR) is 61.9 cm³/mol. The lowest BCUT2D eigenvalue weighted by atomic mass is 9.75. The van der Waals surface area contributed by atoms with E-state index < -0.39 is 5.54 Å². The number of hydrogen-bond donors (Lipinski definition) is 1. The van der Waals surface area contributed by atoms with Crippen LogP contribution in [0, 0.1) is 0 Å². The third-order valence-electron chi connectivity index (χ3n) is 3.48. The Morgan fingerprint density at radius 1 is 1.25 bits per heavy atom. The van der Waals surface area contributed by atoms with E-state index in [-0.39, 0.29) is 5.41 Å². The Morgan fingerprint density at radius 2 is 1.88 bits per heavy atom. The van der Waals surface area contributed by atoms with E-state index in [4.69, 9.17) is 10.3 Å². The third-order valence-corrected chi connectivity index (χ3v) is 3.48. The summed E-state index contributed by atoms with van der Waals surface area (Å²) in [5.41, 5.74) is 5.50. The van der Waals surface area contributed by atoms with Crippen LogP contribution in [0.4, 0.5) is 0 Å². The lowest BCUT2D eigenvalue weighted by molar-refractivity contribution is 0.231. The van der Waals surface area contributed by atoms with Gasteiger partial charge in [0.05, 0.1) is 5.54 Å². The second-order valence-corrected chi connectivity index (χ2v) is 5.77. The molecule has 0 aromatic carbocycles. The highest BCUT2D eigenvalue weighted by molar-refractivity contribution is 5.07. The van der Waals surface area contributed by atoms with Crippen LogP contribution in [0.3, 0.4) is 0 Å².